The zero-order valence-electron chi connectivity index (χ0n) is 16.1. The van der Waals surface area contributed by atoms with Gasteiger partial charge in [-0.15, -0.1) is 13.2 Å². The molecule has 0 aliphatic heterocycles. The highest BCUT2D eigenvalue weighted by molar-refractivity contribution is 5.80. The molecule has 0 radical (unpaired) electrons. The summed E-state index contributed by atoms with van der Waals surface area (Å²) in [6.07, 6.45) is 9.23. The van der Waals surface area contributed by atoms with E-state index in [4.69, 9.17) is 0 Å². The average molecular weight is 309 g/mol. The summed E-state index contributed by atoms with van der Waals surface area (Å²) in [6, 6.07) is 0. The molecule has 0 aromatic carbocycles. The molecular weight excluding hydrogens is 268 g/mol. The lowest BCUT2D eigenvalue weighted by atomic mass is 9.94. The zero-order valence-corrected chi connectivity index (χ0v) is 16.1. The standard InChI is InChI=1S/C11H22.C10H18O/c1-5-7-11(6-2)9-8-10(3)4;1-5-10(11)9(4)7-6-8(2)3/h11H,3,5-9H2,1-2,4H3;9H,2,5-7H2,1,3-4H3. The quantitative estimate of drug-likeness (QED) is 0.371. The van der Waals surface area contributed by atoms with E-state index in [0.29, 0.717) is 12.2 Å². The van der Waals surface area contributed by atoms with Gasteiger partial charge in [0.1, 0.15) is 5.78 Å². The number of hydrogen-bond acceptors (Lipinski definition) is 1. The molecule has 0 fully saturated rings. The maximum atomic E-state index is 11.1. The van der Waals surface area contributed by atoms with Gasteiger partial charge in [0, 0.05) is 12.3 Å². The Hall–Kier alpha value is -0.850. The number of hydrogen-bond donors (Lipinski definition) is 0. The smallest absolute Gasteiger partial charge is 0.135 e. The molecule has 1 nitrogen and oxygen atoms in total. The van der Waals surface area contributed by atoms with E-state index in [1.165, 1.54) is 43.3 Å². The fourth-order valence-corrected chi connectivity index (χ4v) is 2.38. The van der Waals surface area contributed by atoms with Crippen molar-refractivity contribution in [2.45, 2.75) is 92.9 Å². The molecule has 0 N–H and O–H groups in total. The van der Waals surface area contributed by atoms with Crippen molar-refractivity contribution in [3.8, 4) is 0 Å². The Morgan fingerprint density at radius 3 is 1.77 bits per heavy atom. The van der Waals surface area contributed by atoms with Gasteiger partial charge in [0.25, 0.3) is 0 Å². The lowest BCUT2D eigenvalue weighted by Crippen LogP contribution is -2.08. The first-order valence-corrected chi connectivity index (χ1v) is 9.09. The number of rotatable bonds is 11. The summed E-state index contributed by atoms with van der Waals surface area (Å²) in [4.78, 5) is 11.1. The molecule has 0 aliphatic carbocycles. The molecule has 0 bridgehead atoms. The molecule has 0 saturated carbocycles. The van der Waals surface area contributed by atoms with E-state index in [2.05, 4.69) is 33.9 Å². The fourth-order valence-electron chi connectivity index (χ4n) is 2.38. The summed E-state index contributed by atoms with van der Waals surface area (Å²) in [5.41, 5.74) is 2.50. The summed E-state index contributed by atoms with van der Waals surface area (Å²) < 4.78 is 0. The maximum Gasteiger partial charge on any atom is 0.135 e. The first-order chi connectivity index (χ1) is 10.3. The second kappa shape index (κ2) is 15.1. The Labute approximate surface area is 140 Å². The SMILES string of the molecule is C=C(C)CCC(C)C(=O)CC.C=C(C)CCC(CC)CCC. The Kier molecular flexibility index (Phi) is 16.0. The first-order valence-electron chi connectivity index (χ1n) is 9.09. The van der Waals surface area contributed by atoms with Gasteiger partial charge in [-0.25, -0.2) is 0 Å². The Balaban J connectivity index is 0. The molecule has 0 rings (SSSR count). The third-order valence-corrected chi connectivity index (χ3v) is 4.16. The Bertz CT molecular complexity index is 314. The molecule has 1 heteroatoms. The molecule has 0 aromatic rings. The third kappa shape index (κ3) is 15.5. The highest BCUT2D eigenvalue weighted by Crippen LogP contribution is 2.19. The Morgan fingerprint density at radius 1 is 0.909 bits per heavy atom. The minimum absolute atomic E-state index is 0.219. The van der Waals surface area contributed by atoms with Crippen molar-refractivity contribution < 1.29 is 4.79 Å². The van der Waals surface area contributed by atoms with Crippen LogP contribution in [-0.4, -0.2) is 5.78 Å². The van der Waals surface area contributed by atoms with E-state index in [9.17, 15) is 4.79 Å². The second-order valence-corrected chi connectivity index (χ2v) is 6.78. The van der Waals surface area contributed by atoms with Crippen LogP contribution in [0.5, 0.6) is 0 Å². The van der Waals surface area contributed by atoms with E-state index < -0.39 is 0 Å². The largest absolute Gasteiger partial charge is 0.299 e. The third-order valence-electron chi connectivity index (χ3n) is 4.16. The van der Waals surface area contributed by atoms with Crippen LogP contribution in [0.3, 0.4) is 0 Å². The second-order valence-electron chi connectivity index (χ2n) is 6.78. The van der Waals surface area contributed by atoms with Crippen LogP contribution >= 0.6 is 0 Å². The van der Waals surface area contributed by atoms with Crippen molar-refractivity contribution in [2.75, 3.05) is 0 Å². The lowest BCUT2D eigenvalue weighted by Gasteiger charge is -2.12. The topological polar surface area (TPSA) is 17.1 Å². The number of carbonyl (C=O) groups excluding carboxylic acids is 1. The molecule has 2 unspecified atom stereocenters. The predicted molar refractivity (Wildman–Crippen MR) is 101 cm³/mol. The van der Waals surface area contributed by atoms with Crippen LogP contribution in [0.4, 0.5) is 0 Å². The number of carbonyl (C=O) groups is 1. The van der Waals surface area contributed by atoms with Crippen LogP contribution in [0.1, 0.15) is 92.9 Å². The molecule has 0 spiro atoms. The van der Waals surface area contributed by atoms with Crippen molar-refractivity contribution >= 4 is 5.78 Å². The predicted octanol–water partition coefficient (Wildman–Crippen LogP) is 7.13. The summed E-state index contributed by atoms with van der Waals surface area (Å²) >= 11 is 0. The van der Waals surface area contributed by atoms with Crippen molar-refractivity contribution in [2.24, 2.45) is 11.8 Å². The molecule has 130 valence electrons. The zero-order chi connectivity index (χ0) is 17.5. The van der Waals surface area contributed by atoms with Crippen LogP contribution in [-0.2, 0) is 4.79 Å². The van der Waals surface area contributed by atoms with Crippen LogP contribution in [0.2, 0.25) is 0 Å². The Morgan fingerprint density at radius 2 is 1.41 bits per heavy atom. The van der Waals surface area contributed by atoms with Crippen LogP contribution in [0.15, 0.2) is 24.3 Å². The number of allylic oxidation sites excluding steroid dienone is 2. The molecule has 0 aliphatic rings. The van der Waals surface area contributed by atoms with Gasteiger partial charge in [0.15, 0.2) is 0 Å². The van der Waals surface area contributed by atoms with Crippen molar-refractivity contribution in [3.05, 3.63) is 24.3 Å². The number of ketones is 1. The fraction of sp³-hybridized carbons (Fsp3) is 0.762. The van der Waals surface area contributed by atoms with Gasteiger partial charge in [-0.1, -0.05) is 58.1 Å². The van der Waals surface area contributed by atoms with Gasteiger partial charge in [-0.3, -0.25) is 4.79 Å². The van der Waals surface area contributed by atoms with Crippen LogP contribution in [0, 0.1) is 11.8 Å². The van der Waals surface area contributed by atoms with Gasteiger partial charge >= 0.3 is 0 Å². The molecule has 22 heavy (non-hydrogen) atoms. The van der Waals surface area contributed by atoms with Gasteiger partial charge in [0.2, 0.25) is 0 Å². The molecule has 0 heterocycles. The van der Waals surface area contributed by atoms with Crippen LogP contribution < -0.4 is 0 Å². The van der Waals surface area contributed by atoms with E-state index in [0.717, 1.165) is 18.8 Å². The van der Waals surface area contributed by atoms with Gasteiger partial charge < -0.3 is 0 Å². The minimum atomic E-state index is 0.219. The first kappa shape index (κ1) is 23.4. The van der Waals surface area contributed by atoms with E-state index in [1.807, 2.05) is 20.8 Å². The minimum Gasteiger partial charge on any atom is -0.299 e. The van der Waals surface area contributed by atoms with E-state index >= 15 is 0 Å². The van der Waals surface area contributed by atoms with Gasteiger partial charge in [0.05, 0.1) is 0 Å². The molecular formula is C21H40O. The molecule has 0 aromatic heterocycles. The summed E-state index contributed by atoms with van der Waals surface area (Å²) in [6.45, 7) is 20.3. The van der Waals surface area contributed by atoms with Crippen LogP contribution in [0.25, 0.3) is 0 Å². The van der Waals surface area contributed by atoms with Gasteiger partial charge in [-0.2, -0.15) is 0 Å². The van der Waals surface area contributed by atoms with E-state index in [-0.39, 0.29) is 5.92 Å². The van der Waals surface area contributed by atoms with E-state index in [1.54, 1.807) is 0 Å². The maximum absolute atomic E-state index is 11.1. The lowest BCUT2D eigenvalue weighted by molar-refractivity contribution is -0.122. The van der Waals surface area contributed by atoms with Crippen molar-refractivity contribution in [1.82, 2.24) is 0 Å². The summed E-state index contributed by atoms with van der Waals surface area (Å²) in [5, 5.41) is 0. The summed E-state index contributed by atoms with van der Waals surface area (Å²) in [5.74, 6) is 1.53. The highest BCUT2D eigenvalue weighted by Gasteiger charge is 2.09. The number of Topliss-reactive ketones (excluding diaryl/α,β-unsaturated/α-hetero) is 1. The molecule has 0 amide bonds. The molecule has 0 saturated heterocycles. The monoisotopic (exact) mass is 308 g/mol. The van der Waals surface area contributed by atoms with Gasteiger partial charge in [-0.05, 0) is 45.4 Å². The average Bonchev–Trinajstić information content (AvgIpc) is 2.48. The normalized spacial score (nSPS) is 12.8. The molecule has 2 atom stereocenters. The summed E-state index contributed by atoms with van der Waals surface area (Å²) in [7, 11) is 0. The van der Waals surface area contributed by atoms with Crippen molar-refractivity contribution in [3.63, 3.8) is 0 Å². The highest BCUT2D eigenvalue weighted by atomic mass is 16.1. The van der Waals surface area contributed by atoms with Crippen molar-refractivity contribution in [1.29, 1.82) is 0 Å².